The maximum atomic E-state index is 4.98. The minimum absolute atomic E-state index is 0. The molecule has 0 radical (unpaired) electrons. The minimum Gasteiger partial charge on any atom is -0.411 e. The van der Waals surface area contributed by atoms with Gasteiger partial charge in [0.1, 0.15) is 0 Å². The summed E-state index contributed by atoms with van der Waals surface area (Å²) >= 11 is 59.8. The Morgan fingerprint density at radius 3 is 0.315 bits per heavy atom. The van der Waals surface area contributed by atoms with Crippen LogP contribution < -0.4 is 0 Å². The van der Waals surface area contributed by atoms with Gasteiger partial charge in [-0.2, -0.15) is 0 Å². The van der Waals surface area contributed by atoms with Crippen LogP contribution in [0.2, 0.25) is 0 Å². The Bertz CT molecular complexity index is 946. The largest absolute Gasteiger partial charge is 0.411 e. The van der Waals surface area contributed by atoms with Crippen LogP contribution in [0, 0.1) is 0 Å². The molecule has 0 bridgehead atoms. The SMILES string of the molecule is CCCCN(CCCC)C(=S)[S-].CCCCN(CCCC)C(=S)[S-].CCCCN(CCCC)C(=S)[S-].CCCCN(CCCC)C(=S)[S-].CCCCN(CCCC)C(=S)[S-].CCCCN(CCCC)C(=S)[S-].[Mo]. The number of thiocarbonyl (C=S) groups is 6. The molecule has 0 aromatic rings. The molecule has 438 valence electrons. The van der Waals surface area contributed by atoms with Crippen molar-refractivity contribution in [3.63, 3.8) is 0 Å². The van der Waals surface area contributed by atoms with Crippen molar-refractivity contribution >= 4 is 175 Å². The topological polar surface area (TPSA) is 19.4 Å². The van der Waals surface area contributed by atoms with Crippen molar-refractivity contribution in [2.75, 3.05) is 78.5 Å². The van der Waals surface area contributed by atoms with Crippen LogP contribution in [0.3, 0.4) is 0 Å². The van der Waals surface area contributed by atoms with E-state index in [0.717, 1.165) is 78.5 Å². The minimum atomic E-state index is 0. The van der Waals surface area contributed by atoms with Gasteiger partial charge in [0.2, 0.25) is 0 Å². The molecule has 0 aliphatic heterocycles. The van der Waals surface area contributed by atoms with Crippen LogP contribution in [-0.4, -0.2) is 134 Å². The van der Waals surface area contributed by atoms with Crippen LogP contribution in [0.1, 0.15) is 237 Å². The molecule has 6 nitrogen and oxygen atoms in total. The number of rotatable bonds is 36. The van der Waals surface area contributed by atoms with Crippen LogP contribution in [0.15, 0.2) is 0 Å². The summed E-state index contributed by atoms with van der Waals surface area (Å²) in [6.45, 7) is 38.7. The third kappa shape index (κ3) is 69.4. The van der Waals surface area contributed by atoms with Gasteiger partial charge in [0, 0.05) is 99.6 Å². The molecule has 0 unspecified atom stereocenters. The van der Waals surface area contributed by atoms with Crippen molar-refractivity contribution in [1.82, 2.24) is 29.4 Å². The van der Waals surface area contributed by atoms with E-state index in [1.165, 1.54) is 154 Å². The van der Waals surface area contributed by atoms with E-state index in [9.17, 15) is 0 Å². The maximum absolute atomic E-state index is 4.98. The Hall–Kier alpha value is 1.35. The Morgan fingerprint density at radius 1 is 0.205 bits per heavy atom. The zero-order valence-electron chi connectivity index (χ0n) is 48.4. The predicted octanol–water partition coefficient (Wildman–Crippen LogP) is 16.3. The third-order valence-electron chi connectivity index (χ3n) is 10.9. The second kappa shape index (κ2) is 71.4. The summed E-state index contributed by atoms with van der Waals surface area (Å²) in [6.07, 6.45) is 28.8. The van der Waals surface area contributed by atoms with Crippen LogP contribution in [0.4, 0.5) is 0 Å². The first-order valence-corrected chi connectivity index (χ1v) is 33.0. The van der Waals surface area contributed by atoms with Gasteiger partial charge in [0.15, 0.2) is 0 Å². The molecular weight excluding hydrogens is 1210 g/mol. The standard InChI is InChI=1S/6C9H19NS2.Mo/c6*1-3-5-7-10(9(11)12)8-6-4-2;/h6*3-8H2,1-2H3,(H,11,12);/p-6. The first kappa shape index (κ1) is 88.2. The monoisotopic (exact) mass is 1320 g/mol. The van der Waals surface area contributed by atoms with Crippen molar-refractivity contribution in [3.8, 4) is 0 Å². The van der Waals surface area contributed by atoms with Gasteiger partial charge in [0.25, 0.3) is 0 Å². The summed E-state index contributed by atoms with van der Waals surface area (Å²) in [5, 5.41) is 0. The van der Waals surface area contributed by atoms with Gasteiger partial charge in [-0.3, -0.25) is 0 Å². The molecule has 0 rings (SSSR count). The van der Waals surface area contributed by atoms with E-state index < -0.39 is 0 Å². The van der Waals surface area contributed by atoms with E-state index in [-0.39, 0.29) is 21.1 Å². The molecule has 0 atom stereocenters. The smallest absolute Gasteiger partial charge is 0.0162 e. The maximum Gasteiger partial charge on any atom is 0.0162 e. The van der Waals surface area contributed by atoms with E-state index >= 15 is 0 Å². The van der Waals surface area contributed by atoms with Crippen molar-refractivity contribution < 1.29 is 21.1 Å². The number of unbranched alkanes of at least 4 members (excludes halogenated alkanes) is 12. The average Bonchev–Trinajstić information content (AvgIpc) is 3.34. The Kier molecular flexibility index (Phi) is 86.2. The molecule has 0 aliphatic rings. The molecule has 0 saturated heterocycles. The van der Waals surface area contributed by atoms with Gasteiger partial charge in [-0.05, 0) is 77.0 Å². The van der Waals surface area contributed by atoms with E-state index in [4.69, 9.17) is 149 Å². The van der Waals surface area contributed by atoms with Crippen molar-refractivity contribution in [2.24, 2.45) is 0 Å². The molecule has 0 aliphatic carbocycles. The quantitative estimate of drug-likeness (QED) is 0.0337. The summed E-state index contributed by atoms with van der Waals surface area (Å²) in [6, 6.07) is 0. The normalized spacial score (nSPS) is 9.70. The van der Waals surface area contributed by atoms with Crippen LogP contribution in [-0.2, 0) is 96.8 Å². The molecule has 19 heteroatoms. The van der Waals surface area contributed by atoms with E-state index in [2.05, 4.69) is 112 Å². The molecule has 0 saturated carbocycles. The molecule has 0 spiro atoms. The summed E-state index contributed by atoms with van der Waals surface area (Å²) in [5.41, 5.74) is 0. The van der Waals surface area contributed by atoms with Gasteiger partial charge >= 0.3 is 0 Å². The zero-order valence-corrected chi connectivity index (χ0v) is 60.3. The first-order valence-electron chi connectivity index (χ1n) is 28.1. The van der Waals surface area contributed by atoms with E-state index in [0.29, 0.717) is 25.9 Å². The molecule has 0 aromatic heterocycles. The molecule has 73 heavy (non-hydrogen) atoms. The van der Waals surface area contributed by atoms with Crippen molar-refractivity contribution in [1.29, 1.82) is 0 Å². The fourth-order valence-electron chi connectivity index (χ4n) is 5.95. The number of hydrogen-bond donors (Lipinski definition) is 0. The van der Waals surface area contributed by atoms with E-state index in [1.54, 1.807) is 0 Å². The number of nitrogens with zero attached hydrogens (tertiary/aromatic N) is 6. The summed E-state index contributed by atoms with van der Waals surface area (Å²) in [5.74, 6) is 0. The summed E-state index contributed by atoms with van der Waals surface area (Å²) < 4.78 is 3.82. The van der Waals surface area contributed by atoms with Crippen LogP contribution in [0.5, 0.6) is 0 Å². The van der Waals surface area contributed by atoms with Crippen LogP contribution in [0.25, 0.3) is 0 Å². The summed E-state index contributed by atoms with van der Waals surface area (Å²) in [4.78, 5) is 12.8. The molecule has 0 fully saturated rings. The summed E-state index contributed by atoms with van der Waals surface area (Å²) in [7, 11) is 0. The van der Waals surface area contributed by atoms with Gasteiger partial charge in [-0.1, -0.05) is 186 Å². The first-order chi connectivity index (χ1) is 34.3. The number of hydrogen-bond acceptors (Lipinski definition) is 12. The zero-order chi connectivity index (χ0) is 56.4. The molecule has 0 heterocycles. The predicted molar refractivity (Wildman–Crippen MR) is 368 cm³/mol. The average molecular weight is 1320 g/mol. The molecule has 0 aromatic carbocycles. The van der Waals surface area contributed by atoms with Gasteiger partial charge in [-0.25, -0.2) is 0 Å². The molecular formula is C54H108MoN6S12-6. The van der Waals surface area contributed by atoms with Gasteiger partial charge in [-0.15, -0.1) is 0 Å². The van der Waals surface area contributed by atoms with Crippen LogP contribution >= 0.6 is 73.3 Å². The Morgan fingerprint density at radius 2 is 0.274 bits per heavy atom. The second-order valence-electron chi connectivity index (χ2n) is 17.8. The van der Waals surface area contributed by atoms with Gasteiger partial charge in [0.05, 0.1) is 0 Å². The van der Waals surface area contributed by atoms with Crippen molar-refractivity contribution in [2.45, 2.75) is 237 Å². The fraction of sp³-hybridized carbons (Fsp3) is 0.889. The third-order valence-corrected chi connectivity index (χ3v) is 14.0. The molecule has 0 N–H and O–H groups in total. The van der Waals surface area contributed by atoms with E-state index in [1.807, 2.05) is 0 Å². The Labute approximate surface area is 535 Å². The van der Waals surface area contributed by atoms with Gasteiger partial charge < -0.3 is 178 Å². The Balaban J connectivity index is -0.000000143. The van der Waals surface area contributed by atoms with Crippen molar-refractivity contribution in [3.05, 3.63) is 0 Å². The second-order valence-corrected chi connectivity index (χ2v) is 24.0. The fourth-order valence-corrected chi connectivity index (χ4v) is 8.14. The molecule has 0 amide bonds.